The lowest BCUT2D eigenvalue weighted by atomic mass is 10.1. The number of halogens is 1. The quantitative estimate of drug-likeness (QED) is 0.863. The fourth-order valence-electron chi connectivity index (χ4n) is 1.47. The molecule has 1 heterocycles. The van der Waals surface area contributed by atoms with Crippen LogP contribution in [0.3, 0.4) is 0 Å². The molecule has 0 bridgehead atoms. The van der Waals surface area contributed by atoms with Crippen LogP contribution in [0.1, 0.15) is 16.5 Å². The van der Waals surface area contributed by atoms with Crippen molar-refractivity contribution >= 4 is 23.4 Å². The zero-order chi connectivity index (χ0) is 12.3. The van der Waals surface area contributed by atoms with Gasteiger partial charge >= 0.3 is 0 Å². The van der Waals surface area contributed by atoms with Crippen molar-refractivity contribution in [3.8, 4) is 0 Å². The molecule has 0 saturated carbocycles. The fourth-order valence-corrected chi connectivity index (χ4v) is 2.59. The van der Waals surface area contributed by atoms with Crippen LogP contribution in [0, 0.1) is 6.92 Å². The molecule has 1 atom stereocenters. The molecule has 1 unspecified atom stereocenters. The van der Waals surface area contributed by atoms with Crippen LogP contribution in [0.2, 0.25) is 5.02 Å². The van der Waals surface area contributed by atoms with Crippen molar-refractivity contribution in [2.45, 2.75) is 17.4 Å². The zero-order valence-electron chi connectivity index (χ0n) is 9.39. The standard InChI is InChI=1S/C12H13ClN2OS/c1-8-7-16-12(15-8)17-11(6-14)9-3-2-4-10(13)5-9/h2-5,7,11H,6,14H2,1H3. The molecular weight excluding hydrogens is 256 g/mol. The zero-order valence-corrected chi connectivity index (χ0v) is 11.0. The minimum atomic E-state index is 0.103. The summed E-state index contributed by atoms with van der Waals surface area (Å²) in [5, 5.41) is 1.45. The topological polar surface area (TPSA) is 52.0 Å². The number of benzene rings is 1. The number of hydrogen-bond donors (Lipinski definition) is 1. The van der Waals surface area contributed by atoms with Gasteiger partial charge in [-0.15, -0.1) is 0 Å². The van der Waals surface area contributed by atoms with Gasteiger partial charge in [-0.05, 0) is 24.6 Å². The second kappa shape index (κ2) is 5.58. The highest BCUT2D eigenvalue weighted by Gasteiger charge is 2.14. The van der Waals surface area contributed by atoms with Gasteiger partial charge in [-0.1, -0.05) is 35.5 Å². The van der Waals surface area contributed by atoms with E-state index in [0.29, 0.717) is 16.8 Å². The summed E-state index contributed by atoms with van der Waals surface area (Å²) in [6.45, 7) is 2.40. The van der Waals surface area contributed by atoms with E-state index in [-0.39, 0.29) is 5.25 Å². The summed E-state index contributed by atoms with van der Waals surface area (Å²) >= 11 is 7.47. The van der Waals surface area contributed by atoms with Crippen molar-refractivity contribution < 1.29 is 4.42 Å². The molecule has 2 aromatic rings. The second-order valence-electron chi connectivity index (χ2n) is 3.65. The first-order valence-electron chi connectivity index (χ1n) is 5.23. The summed E-state index contributed by atoms with van der Waals surface area (Å²) in [7, 11) is 0. The van der Waals surface area contributed by atoms with Gasteiger partial charge in [-0.3, -0.25) is 0 Å². The minimum absolute atomic E-state index is 0.103. The van der Waals surface area contributed by atoms with E-state index in [1.165, 1.54) is 11.8 Å². The third kappa shape index (κ3) is 3.25. The number of aryl methyl sites for hydroxylation is 1. The maximum atomic E-state index is 5.96. The SMILES string of the molecule is Cc1coc(SC(CN)c2cccc(Cl)c2)n1. The lowest BCUT2D eigenvalue weighted by molar-refractivity contribution is 0.453. The third-order valence-corrected chi connectivity index (χ3v) is 3.65. The molecule has 2 rings (SSSR count). The Labute approximate surface area is 109 Å². The van der Waals surface area contributed by atoms with Crippen molar-refractivity contribution in [3.05, 3.63) is 46.8 Å². The summed E-state index contributed by atoms with van der Waals surface area (Å²) in [6.07, 6.45) is 1.63. The van der Waals surface area contributed by atoms with Crippen LogP contribution < -0.4 is 5.73 Å². The molecule has 3 nitrogen and oxygen atoms in total. The molecule has 0 aliphatic carbocycles. The third-order valence-electron chi connectivity index (χ3n) is 2.28. The summed E-state index contributed by atoms with van der Waals surface area (Å²) in [4.78, 5) is 4.25. The summed E-state index contributed by atoms with van der Waals surface area (Å²) in [5.74, 6) is 0. The van der Waals surface area contributed by atoms with Gasteiger partial charge in [0.15, 0.2) is 0 Å². The highest BCUT2D eigenvalue weighted by atomic mass is 35.5. The van der Waals surface area contributed by atoms with Crippen molar-refractivity contribution in [3.63, 3.8) is 0 Å². The van der Waals surface area contributed by atoms with Crippen LogP contribution in [-0.2, 0) is 0 Å². The van der Waals surface area contributed by atoms with Crippen LogP contribution in [0.15, 0.2) is 40.2 Å². The van der Waals surface area contributed by atoms with E-state index >= 15 is 0 Å². The Hall–Kier alpha value is -0.970. The molecule has 17 heavy (non-hydrogen) atoms. The van der Waals surface area contributed by atoms with Gasteiger partial charge in [0.1, 0.15) is 6.26 Å². The molecule has 90 valence electrons. The average molecular weight is 269 g/mol. The highest BCUT2D eigenvalue weighted by molar-refractivity contribution is 7.99. The van der Waals surface area contributed by atoms with Crippen LogP contribution in [0.5, 0.6) is 0 Å². The number of rotatable bonds is 4. The monoisotopic (exact) mass is 268 g/mol. The maximum Gasteiger partial charge on any atom is 0.256 e. The summed E-state index contributed by atoms with van der Waals surface area (Å²) < 4.78 is 5.31. The molecule has 0 aliphatic rings. The molecule has 0 radical (unpaired) electrons. The van der Waals surface area contributed by atoms with Crippen LogP contribution in [-0.4, -0.2) is 11.5 Å². The number of nitrogens with two attached hydrogens (primary N) is 1. The molecule has 0 aliphatic heterocycles. The van der Waals surface area contributed by atoms with Gasteiger partial charge in [0, 0.05) is 11.6 Å². The number of aromatic nitrogens is 1. The predicted octanol–water partition coefficient (Wildman–Crippen LogP) is 3.43. The van der Waals surface area contributed by atoms with Gasteiger partial charge in [0.2, 0.25) is 0 Å². The molecular formula is C12H13ClN2OS. The number of nitrogens with zero attached hydrogens (tertiary/aromatic N) is 1. The van der Waals surface area contributed by atoms with Crippen molar-refractivity contribution in [1.82, 2.24) is 4.98 Å². The summed E-state index contributed by atoms with van der Waals surface area (Å²) in [6, 6.07) is 7.69. The largest absolute Gasteiger partial charge is 0.440 e. The first-order valence-corrected chi connectivity index (χ1v) is 6.49. The highest BCUT2D eigenvalue weighted by Crippen LogP contribution is 2.34. The Morgan fingerprint density at radius 3 is 2.94 bits per heavy atom. The average Bonchev–Trinajstić information content (AvgIpc) is 2.72. The van der Waals surface area contributed by atoms with E-state index in [2.05, 4.69) is 4.98 Å². The van der Waals surface area contributed by atoms with E-state index in [4.69, 9.17) is 21.8 Å². The van der Waals surface area contributed by atoms with Gasteiger partial charge < -0.3 is 10.2 Å². The normalized spacial score (nSPS) is 12.6. The van der Waals surface area contributed by atoms with Gasteiger partial charge in [0.25, 0.3) is 5.22 Å². The van der Waals surface area contributed by atoms with Crippen molar-refractivity contribution in [1.29, 1.82) is 0 Å². The van der Waals surface area contributed by atoms with Crippen LogP contribution >= 0.6 is 23.4 Å². The first-order chi connectivity index (χ1) is 8.19. The Balaban J connectivity index is 2.16. The number of thioether (sulfide) groups is 1. The lowest BCUT2D eigenvalue weighted by Crippen LogP contribution is -2.09. The molecule has 0 saturated heterocycles. The molecule has 1 aromatic carbocycles. The first kappa shape index (κ1) is 12.5. The molecule has 0 amide bonds. The lowest BCUT2D eigenvalue weighted by Gasteiger charge is -2.12. The summed E-state index contributed by atoms with van der Waals surface area (Å²) in [5.41, 5.74) is 7.73. The van der Waals surface area contributed by atoms with E-state index in [0.717, 1.165) is 11.3 Å². The molecule has 0 spiro atoms. The Morgan fingerprint density at radius 2 is 2.35 bits per heavy atom. The molecule has 5 heteroatoms. The van der Waals surface area contributed by atoms with Gasteiger partial charge in [-0.25, -0.2) is 4.98 Å². The predicted molar refractivity (Wildman–Crippen MR) is 70.3 cm³/mol. The number of hydrogen-bond acceptors (Lipinski definition) is 4. The molecule has 1 aromatic heterocycles. The van der Waals surface area contributed by atoms with Crippen LogP contribution in [0.25, 0.3) is 0 Å². The van der Waals surface area contributed by atoms with Crippen molar-refractivity contribution in [2.75, 3.05) is 6.54 Å². The number of oxazole rings is 1. The van der Waals surface area contributed by atoms with Crippen molar-refractivity contribution in [2.24, 2.45) is 5.73 Å². The van der Waals surface area contributed by atoms with Gasteiger partial charge in [-0.2, -0.15) is 0 Å². The Morgan fingerprint density at radius 1 is 1.53 bits per heavy atom. The molecule has 0 fully saturated rings. The maximum absolute atomic E-state index is 5.96. The minimum Gasteiger partial charge on any atom is -0.440 e. The smallest absolute Gasteiger partial charge is 0.256 e. The second-order valence-corrected chi connectivity index (χ2v) is 5.24. The van der Waals surface area contributed by atoms with E-state index in [1.807, 2.05) is 31.2 Å². The van der Waals surface area contributed by atoms with Gasteiger partial charge in [0.05, 0.1) is 10.9 Å². The fraction of sp³-hybridized carbons (Fsp3) is 0.250. The van der Waals surface area contributed by atoms with E-state index < -0.39 is 0 Å². The van der Waals surface area contributed by atoms with Crippen LogP contribution in [0.4, 0.5) is 0 Å². The van der Waals surface area contributed by atoms with E-state index in [9.17, 15) is 0 Å². The Kier molecular flexibility index (Phi) is 4.10. The van der Waals surface area contributed by atoms with E-state index in [1.54, 1.807) is 6.26 Å². The Bertz CT molecular complexity index is 501. The molecule has 2 N–H and O–H groups in total.